The number of hydrogen-bond donors (Lipinski definition) is 3. The molecule has 5 nitrogen and oxygen atoms in total. The predicted molar refractivity (Wildman–Crippen MR) is 65.7 cm³/mol. The number of nitrogens with one attached hydrogen (secondary N) is 2. The number of primary amides is 1. The summed E-state index contributed by atoms with van der Waals surface area (Å²) in [6.45, 7) is 0.590. The SMILES string of the molecule is NC(=O)Nc1cccc(NCc2ccco2)c1. The number of anilines is 2. The first-order chi connectivity index (χ1) is 8.24. The molecule has 0 aliphatic rings. The molecule has 0 atom stereocenters. The Balaban J connectivity index is 1.98. The maximum absolute atomic E-state index is 10.7. The van der Waals surface area contributed by atoms with E-state index in [1.165, 1.54) is 0 Å². The van der Waals surface area contributed by atoms with Crippen molar-refractivity contribution in [3.63, 3.8) is 0 Å². The molecule has 0 saturated carbocycles. The van der Waals surface area contributed by atoms with E-state index in [2.05, 4.69) is 10.6 Å². The van der Waals surface area contributed by atoms with Gasteiger partial charge in [-0.3, -0.25) is 0 Å². The predicted octanol–water partition coefficient (Wildman–Crippen LogP) is 2.38. The standard InChI is InChI=1S/C12H13N3O2/c13-12(16)15-10-4-1-3-9(7-10)14-8-11-5-2-6-17-11/h1-7,14H,8H2,(H3,13,15,16). The number of amides is 2. The molecule has 0 aliphatic carbocycles. The average Bonchev–Trinajstić information content (AvgIpc) is 2.79. The second kappa shape index (κ2) is 5.07. The number of hydrogen-bond acceptors (Lipinski definition) is 3. The molecule has 2 amide bonds. The van der Waals surface area contributed by atoms with E-state index in [4.69, 9.17) is 10.2 Å². The lowest BCUT2D eigenvalue weighted by atomic mass is 10.2. The van der Waals surface area contributed by atoms with Crippen LogP contribution in [0.1, 0.15) is 5.76 Å². The Morgan fingerprint density at radius 2 is 2.06 bits per heavy atom. The third kappa shape index (κ3) is 3.27. The van der Waals surface area contributed by atoms with Crippen molar-refractivity contribution in [3.05, 3.63) is 48.4 Å². The topological polar surface area (TPSA) is 80.3 Å². The molecule has 0 saturated heterocycles. The van der Waals surface area contributed by atoms with Crippen LogP contribution in [-0.4, -0.2) is 6.03 Å². The first-order valence-corrected chi connectivity index (χ1v) is 5.17. The van der Waals surface area contributed by atoms with Gasteiger partial charge in [0.25, 0.3) is 0 Å². The number of rotatable bonds is 4. The van der Waals surface area contributed by atoms with Crippen LogP contribution < -0.4 is 16.4 Å². The van der Waals surface area contributed by atoms with E-state index in [0.29, 0.717) is 12.2 Å². The molecule has 2 aromatic rings. The van der Waals surface area contributed by atoms with Gasteiger partial charge in [-0.2, -0.15) is 0 Å². The lowest BCUT2D eigenvalue weighted by Gasteiger charge is -2.07. The van der Waals surface area contributed by atoms with E-state index in [9.17, 15) is 4.79 Å². The average molecular weight is 231 g/mol. The molecule has 0 radical (unpaired) electrons. The van der Waals surface area contributed by atoms with E-state index in [-0.39, 0.29) is 0 Å². The highest BCUT2D eigenvalue weighted by atomic mass is 16.3. The van der Waals surface area contributed by atoms with Crippen LogP contribution in [0.4, 0.5) is 16.2 Å². The molecule has 4 N–H and O–H groups in total. The van der Waals surface area contributed by atoms with Crippen molar-refractivity contribution in [2.75, 3.05) is 10.6 Å². The Hall–Kier alpha value is -2.43. The van der Waals surface area contributed by atoms with Gasteiger partial charge < -0.3 is 20.8 Å². The summed E-state index contributed by atoms with van der Waals surface area (Å²) in [7, 11) is 0. The van der Waals surface area contributed by atoms with Crippen molar-refractivity contribution >= 4 is 17.4 Å². The minimum absolute atomic E-state index is 0.576. The second-order valence-electron chi connectivity index (χ2n) is 3.50. The van der Waals surface area contributed by atoms with E-state index < -0.39 is 6.03 Å². The molecule has 0 bridgehead atoms. The number of benzene rings is 1. The molecule has 88 valence electrons. The summed E-state index contributed by atoms with van der Waals surface area (Å²) in [5.41, 5.74) is 6.58. The van der Waals surface area contributed by atoms with E-state index >= 15 is 0 Å². The summed E-state index contributed by atoms with van der Waals surface area (Å²) in [6, 6.07) is 10.4. The van der Waals surface area contributed by atoms with Gasteiger partial charge in [-0.25, -0.2) is 4.79 Å². The molecule has 2 rings (SSSR count). The summed E-state index contributed by atoms with van der Waals surface area (Å²) in [5.74, 6) is 0.846. The third-order valence-electron chi connectivity index (χ3n) is 2.18. The van der Waals surface area contributed by atoms with Crippen molar-refractivity contribution < 1.29 is 9.21 Å². The molecule has 0 spiro atoms. The van der Waals surface area contributed by atoms with Gasteiger partial charge in [0.2, 0.25) is 0 Å². The fourth-order valence-corrected chi connectivity index (χ4v) is 1.45. The van der Waals surface area contributed by atoms with Gasteiger partial charge >= 0.3 is 6.03 Å². The number of urea groups is 1. The van der Waals surface area contributed by atoms with Crippen LogP contribution in [0, 0.1) is 0 Å². The Kier molecular flexibility index (Phi) is 3.30. The fourth-order valence-electron chi connectivity index (χ4n) is 1.45. The number of carbonyl (C=O) groups is 1. The van der Waals surface area contributed by atoms with Crippen LogP contribution in [-0.2, 0) is 6.54 Å². The molecule has 17 heavy (non-hydrogen) atoms. The zero-order valence-electron chi connectivity index (χ0n) is 9.14. The largest absolute Gasteiger partial charge is 0.467 e. The van der Waals surface area contributed by atoms with Crippen LogP contribution in [0.3, 0.4) is 0 Å². The Bertz CT molecular complexity index is 494. The second-order valence-corrected chi connectivity index (χ2v) is 3.50. The van der Waals surface area contributed by atoms with Crippen molar-refractivity contribution in [1.82, 2.24) is 0 Å². The van der Waals surface area contributed by atoms with Gasteiger partial charge in [-0.1, -0.05) is 6.07 Å². The molecular formula is C12H13N3O2. The highest BCUT2D eigenvalue weighted by Crippen LogP contribution is 2.15. The van der Waals surface area contributed by atoms with Gasteiger partial charge in [0, 0.05) is 11.4 Å². The number of furan rings is 1. The first-order valence-electron chi connectivity index (χ1n) is 5.17. The van der Waals surface area contributed by atoms with Crippen molar-refractivity contribution in [1.29, 1.82) is 0 Å². The van der Waals surface area contributed by atoms with Gasteiger partial charge in [-0.15, -0.1) is 0 Å². The van der Waals surface area contributed by atoms with Gasteiger partial charge in [-0.05, 0) is 30.3 Å². The molecule has 1 aromatic carbocycles. The maximum atomic E-state index is 10.7. The zero-order chi connectivity index (χ0) is 12.1. The third-order valence-corrected chi connectivity index (χ3v) is 2.18. The quantitative estimate of drug-likeness (QED) is 0.755. The summed E-state index contributed by atoms with van der Waals surface area (Å²) >= 11 is 0. The number of nitrogens with two attached hydrogens (primary N) is 1. The Morgan fingerprint density at radius 1 is 1.24 bits per heavy atom. The summed E-state index contributed by atoms with van der Waals surface area (Å²) in [4.78, 5) is 10.7. The highest BCUT2D eigenvalue weighted by molar-refractivity contribution is 5.88. The van der Waals surface area contributed by atoms with E-state index in [1.807, 2.05) is 24.3 Å². The van der Waals surface area contributed by atoms with Crippen molar-refractivity contribution in [3.8, 4) is 0 Å². The van der Waals surface area contributed by atoms with Crippen LogP contribution in [0.25, 0.3) is 0 Å². The lowest BCUT2D eigenvalue weighted by Crippen LogP contribution is -2.19. The van der Waals surface area contributed by atoms with Crippen LogP contribution in [0.5, 0.6) is 0 Å². The van der Waals surface area contributed by atoms with Crippen LogP contribution in [0.15, 0.2) is 47.1 Å². The van der Waals surface area contributed by atoms with Gasteiger partial charge in [0.15, 0.2) is 0 Å². The maximum Gasteiger partial charge on any atom is 0.316 e. The molecule has 1 aromatic heterocycles. The molecule has 1 heterocycles. The van der Waals surface area contributed by atoms with E-state index in [0.717, 1.165) is 11.4 Å². The molecule has 0 aliphatic heterocycles. The Morgan fingerprint density at radius 3 is 2.76 bits per heavy atom. The summed E-state index contributed by atoms with van der Waals surface area (Å²) < 4.78 is 5.20. The smallest absolute Gasteiger partial charge is 0.316 e. The minimum Gasteiger partial charge on any atom is -0.467 e. The van der Waals surface area contributed by atoms with Gasteiger partial charge in [0.05, 0.1) is 12.8 Å². The highest BCUT2D eigenvalue weighted by Gasteiger charge is 1.99. The van der Waals surface area contributed by atoms with Crippen LogP contribution in [0.2, 0.25) is 0 Å². The normalized spacial score (nSPS) is 9.88. The summed E-state index contributed by atoms with van der Waals surface area (Å²) in [6.07, 6.45) is 1.63. The fraction of sp³-hybridized carbons (Fsp3) is 0.0833. The van der Waals surface area contributed by atoms with Gasteiger partial charge in [0.1, 0.15) is 5.76 Å². The van der Waals surface area contributed by atoms with Crippen molar-refractivity contribution in [2.24, 2.45) is 5.73 Å². The lowest BCUT2D eigenvalue weighted by molar-refractivity contribution is 0.259. The van der Waals surface area contributed by atoms with Crippen molar-refractivity contribution in [2.45, 2.75) is 6.54 Å². The number of carbonyl (C=O) groups excluding carboxylic acids is 1. The Labute approximate surface area is 98.6 Å². The summed E-state index contributed by atoms with van der Waals surface area (Å²) in [5, 5.41) is 5.69. The molecule has 0 fully saturated rings. The zero-order valence-corrected chi connectivity index (χ0v) is 9.14. The monoisotopic (exact) mass is 231 g/mol. The molecule has 5 heteroatoms. The minimum atomic E-state index is -0.576. The van der Waals surface area contributed by atoms with Crippen LogP contribution >= 0.6 is 0 Å². The molecule has 0 unspecified atom stereocenters. The molecular weight excluding hydrogens is 218 g/mol. The first kappa shape index (κ1) is 11.1. The van der Waals surface area contributed by atoms with E-state index in [1.54, 1.807) is 18.4 Å².